The Morgan fingerprint density at radius 2 is 1.89 bits per heavy atom. The van der Waals surface area contributed by atoms with Crippen molar-refractivity contribution in [2.24, 2.45) is 11.8 Å². The van der Waals surface area contributed by atoms with E-state index in [1.807, 2.05) is 24.3 Å². The van der Waals surface area contributed by atoms with Crippen molar-refractivity contribution >= 4 is 17.6 Å². The fourth-order valence-corrected chi connectivity index (χ4v) is 3.74. The van der Waals surface area contributed by atoms with Crippen LogP contribution in [0.2, 0.25) is 0 Å². The maximum Gasteiger partial charge on any atom is 0.225 e. The van der Waals surface area contributed by atoms with E-state index >= 15 is 0 Å². The summed E-state index contributed by atoms with van der Waals surface area (Å²) >= 11 is 0. The summed E-state index contributed by atoms with van der Waals surface area (Å²) in [7, 11) is 1.62. The molecule has 1 aromatic carbocycles. The Morgan fingerprint density at radius 3 is 2.48 bits per heavy atom. The van der Waals surface area contributed by atoms with Gasteiger partial charge < -0.3 is 20.2 Å². The molecule has 0 unspecified atom stereocenters. The van der Waals surface area contributed by atoms with Gasteiger partial charge in [0.25, 0.3) is 0 Å². The summed E-state index contributed by atoms with van der Waals surface area (Å²) in [6.45, 7) is 3.03. The van der Waals surface area contributed by atoms with Gasteiger partial charge in [-0.1, -0.05) is 25.0 Å². The Bertz CT molecular complexity index is 668. The number of amides is 2. The number of nitrogens with one attached hydrogen (secondary N) is 2. The molecule has 1 saturated carbocycles. The maximum absolute atomic E-state index is 12.9. The number of rotatable bonds is 9. The normalized spacial score (nSPS) is 16.4. The summed E-state index contributed by atoms with van der Waals surface area (Å²) in [6.07, 6.45) is 4.55. The zero-order valence-corrected chi connectivity index (χ0v) is 16.4. The van der Waals surface area contributed by atoms with Crippen molar-refractivity contribution in [1.29, 1.82) is 0 Å². The van der Waals surface area contributed by atoms with E-state index in [1.54, 1.807) is 7.11 Å². The number of hydrogen-bond donors (Lipinski definition) is 2. The lowest BCUT2D eigenvalue weighted by molar-refractivity contribution is -0.130. The zero-order chi connectivity index (χ0) is 19.8. The monoisotopic (exact) mass is 374 g/mol. The van der Waals surface area contributed by atoms with Gasteiger partial charge in [0.05, 0.1) is 19.1 Å². The molecular weight excluding hydrogens is 344 g/mol. The molecule has 0 heterocycles. The van der Waals surface area contributed by atoms with Gasteiger partial charge in [-0.2, -0.15) is 0 Å². The number of methoxy groups -OCH3 is 1. The van der Waals surface area contributed by atoms with Crippen LogP contribution in [0.5, 0.6) is 5.75 Å². The minimum atomic E-state index is -0.569. The number of ether oxygens (including phenoxy) is 1. The molecule has 2 N–H and O–H groups in total. The van der Waals surface area contributed by atoms with Crippen LogP contribution >= 0.6 is 0 Å². The third kappa shape index (κ3) is 6.38. The average Bonchev–Trinajstić information content (AvgIpc) is 3.16. The summed E-state index contributed by atoms with van der Waals surface area (Å²) in [4.78, 5) is 35.8. The molecule has 0 radical (unpaired) electrons. The van der Waals surface area contributed by atoms with E-state index in [1.165, 1.54) is 13.8 Å². The van der Waals surface area contributed by atoms with Crippen LogP contribution < -0.4 is 15.4 Å². The Kier molecular flexibility index (Phi) is 7.82. The Morgan fingerprint density at radius 1 is 1.19 bits per heavy atom. The molecule has 1 fully saturated rings. The summed E-state index contributed by atoms with van der Waals surface area (Å²) in [5, 5.41) is 5.82. The fourth-order valence-electron chi connectivity index (χ4n) is 3.74. The largest absolute Gasteiger partial charge is 0.497 e. The third-order valence-corrected chi connectivity index (χ3v) is 5.12. The van der Waals surface area contributed by atoms with Crippen LogP contribution in [0, 0.1) is 11.8 Å². The molecule has 0 bridgehead atoms. The summed E-state index contributed by atoms with van der Waals surface area (Å²) < 4.78 is 5.33. The molecule has 2 amide bonds. The lowest BCUT2D eigenvalue weighted by atomic mass is 9.90. The molecule has 0 spiro atoms. The Hall–Kier alpha value is -2.37. The van der Waals surface area contributed by atoms with Crippen molar-refractivity contribution in [1.82, 2.24) is 10.6 Å². The Labute approximate surface area is 161 Å². The second-order valence-electron chi connectivity index (χ2n) is 7.35. The number of benzene rings is 1. The molecule has 0 aliphatic heterocycles. The van der Waals surface area contributed by atoms with Gasteiger partial charge in [-0.3, -0.25) is 9.59 Å². The van der Waals surface area contributed by atoms with Crippen LogP contribution in [0.1, 0.15) is 57.6 Å². The average molecular weight is 374 g/mol. The van der Waals surface area contributed by atoms with Gasteiger partial charge in [0.1, 0.15) is 11.5 Å². The SMILES string of the molecule is COc1cccc([C@@H](NC(=O)[C@@H](CNC(C)=O)CC(C)=O)C2CCCC2)c1. The van der Waals surface area contributed by atoms with Gasteiger partial charge in [0.2, 0.25) is 11.8 Å². The predicted octanol–water partition coefficient (Wildman–Crippen LogP) is 2.77. The lowest BCUT2D eigenvalue weighted by Gasteiger charge is -2.28. The smallest absolute Gasteiger partial charge is 0.225 e. The van der Waals surface area contributed by atoms with E-state index in [9.17, 15) is 14.4 Å². The molecule has 0 saturated heterocycles. The quantitative estimate of drug-likeness (QED) is 0.696. The first-order valence-electron chi connectivity index (χ1n) is 9.59. The fraction of sp³-hybridized carbons (Fsp3) is 0.571. The van der Waals surface area contributed by atoms with E-state index in [-0.39, 0.29) is 36.6 Å². The van der Waals surface area contributed by atoms with Crippen molar-refractivity contribution < 1.29 is 19.1 Å². The van der Waals surface area contributed by atoms with E-state index < -0.39 is 5.92 Å². The molecule has 27 heavy (non-hydrogen) atoms. The summed E-state index contributed by atoms with van der Waals surface area (Å²) in [6, 6.07) is 7.64. The topological polar surface area (TPSA) is 84.5 Å². The van der Waals surface area contributed by atoms with Gasteiger partial charge in [0.15, 0.2) is 0 Å². The standard InChI is InChI=1S/C21H30N2O4/c1-14(24)11-18(13-22-15(2)25)21(26)23-20(16-7-4-5-8-16)17-9-6-10-19(12-17)27-3/h6,9-10,12,16,18,20H,4-5,7-8,11,13H2,1-3H3,(H,22,25)(H,23,26)/t18-,20+/m1/s1. The summed E-state index contributed by atoms with van der Waals surface area (Å²) in [5.41, 5.74) is 1.01. The van der Waals surface area contributed by atoms with Gasteiger partial charge in [-0.25, -0.2) is 0 Å². The van der Waals surface area contributed by atoms with E-state index in [0.29, 0.717) is 5.92 Å². The predicted molar refractivity (Wildman–Crippen MR) is 103 cm³/mol. The van der Waals surface area contributed by atoms with Crippen LogP contribution in [0.15, 0.2) is 24.3 Å². The second kappa shape index (κ2) is 10.1. The highest BCUT2D eigenvalue weighted by molar-refractivity contribution is 5.86. The molecule has 2 atom stereocenters. The van der Waals surface area contributed by atoms with Crippen molar-refractivity contribution in [3.8, 4) is 5.75 Å². The highest BCUT2D eigenvalue weighted by Gasteiger charge is 2.30. The molecule has 1 aliphatic rings. The first-order valence-corrected chi connectivity index (χ1v) is 9.59. The van der Waals surface area contributed by atoms with Gasteiger partial charge in [-0.05, 0) is 43.4 Å². The van der Waals surface area contributed by atoms with Crippen LogP contribution in [0.25, 0.3) is 0 Å². The molecule has 1 aromatic rings. The number of hydrogen-bond acceptors (Lipinski definition) is 4. The van der Waals surface area contributed by atoms with Gasteiger partial charge >= 0.3 is 0 Å². The molecular formula is C21H30N2O4. The van der Waals surface area contributed by atoms with Gasteiger partial charge in [-0.15, -0.1) is 0 Å². The zero-order valence-electron chi connectivity index (χ0n) is 16.4. The number of Topliss-reactive ketones (excluding diaryl/α,β-unsaturated/α-hetero) is 1. The highest BCUT2D eigenvalue weighted by Crippen LogP contribution is 2.36. The van der Waals surface area contributed by atoms with Crippen LogP contribution in [0.4, 0.5) is 0 Å². The van der Waals surface area contributed by atoms with Crippen LogP contribution in [-0.4, -0.2) is 31.3 Å². The van der Waals surface area contributed by atoms with E-state index in [0.717, 1.165) is 37.0 Å². The van der Waals surface area contributed by atoms with E-state index in [2.05, 4.69) is 10.6 Å². The number of ketones is 1. The second-order valence-corrected chi connectivity index (χ2v) is 7.35. The first kappa shape index (κ1) is 20.9. The molecule has 0 aromatic heterocycles. The molecule has 1 aliphatic carbocycles. The minimum absolute atomic E-state index is 0.0701. The van der Waals surface area contributed by atoms with Crippen molar-refractivity contribution in [2.45, 2.75) is 52.0 Å². The number of carbonyl (C=O) groups excluding carboxylic acids is 3. The van der Waals surface area contributed by atoms with Crippen LogP contribution in [-0.2, 0) is 14.4 Å². The van der Waals surface area contributed by atoms with Crippen molar-refractivity contribution in [3.63, 3.8) is 0 Å². The maximum atomic E-state index is 12.9. The van der Waals surface area contributed by atoms with E-state index in [4.69, 9.17) is 4.74 Å². The van der Waals surface area contributed by atoms with Gasteiger partial charge in [0, 0.05) is 19.9 Å². The molecule has 6 heteroatoms. The van der Waals surface area contributed by atoms with Crippen molar-refractivity contribution in [2.75, 3.05) is 13.7 Å². The Balaban J connectivity index is 2.19. The number of carbonyl (C=O) groups is 3. The minimum Gasteiger partial charge on any atom is -0.497 e. The lowest BCUT2D eigenvalue weighted by Crippen LogP contribution is -2.42. The van der Waals surface area contributed by atoms with Crippen LogP contribution in [0.3, 0.4) is 0 Å². The first-order chi connectivity index (χ1) is 12.9. The molecule has 2 rings (SSSR count). The molecule has 148 valence electrons. The molecule has 6 nitrogen and oxygen atoms in total. The van der Waals surface area contributed by atoms with Crippen molar-refractivity contribution in [3.05, 3.63) is 29.8 Å². The third-order valence-electron chi connectivity index (χ3n) is 5.12. The summed E-state index contributed by atoms with van der Waals surface area (Å²) in [5.74, 6) is 0.0680. The highest BCUT2D eigenvalue weighted by atomic mass is 16.5.